The summed E-state index contributed by atoms with van der Waals surface area (Å²) in [5.74, 6) is -0.119. The van der Waals surface area contributed by atoms with Gasteiger partial charge in [0.25, 0.3) is 5.91 Å². The molecule has 1 saturated heterocycles. The van der Waals surface area contributed by atoms with Crippen LogP contribution in [0.2, 0.25) is 5.02 Å². The maximum Gasteiger partial charge on any atom is 0.255 e. The highest BCUT2D eigenvalue weighted by molar-refractivity contribution is 7.91. The van der Waals surface area contributed by atoms with Crippen molar-refractivity contribution in [3.8, 4) is 0 Å². The second kappa shape index (κ2) is 5.34. The summed E-state index contributed by atoms with van der Waals surface area (Å²) in [5, 5.41) is 0.343. The lowest BCUT2D eigenvalue weighted by atomic mass is 10.1. The monoisotopic (exact) mass is 319 g/mol. The minimum absolute atomic E-state index is 0.0213. The first-order valence-electron chi connectivity index (χ1n) is 5.76. The Hall–Kier alpha value is -0.720. The zero-order chi connectivity index (χ0) is 14.2. The van der Waals surface area contributed by atoms with E-state index in [1.165, 1.54) is 4.90 Å². The molecule has 1 aromatic rings. The molecule has 1 atom stereocenters. The molecule has 7 heteroatoms. The molecule has 0 aliphatic carbocycles. The highest BCUT2D eigenvalue weighted by Gasteiger charge is 2.33. The fraction of sp³-hybridized carbons (Fsp3) is 0.417. The van der Waals surface area contributed by atoms with Crippen LogP contribution in [0.3, 0.4) is 0 Å². The van der Waals surface area contributed by atoms with Crippen LogP contribution in [0, 0.1) is 0 Å². The number of amides is 1. The van der Waals surface area contributed by atoms with Gasteiger partial charge in [-0.05, 0) is 24.6 Å². The second-order valence-corrected chi connectivity index (χ2v) is 7.79. The molecule has 2 rings (SSSR count). The average Bonchev–Trinajstić information content (AvgIpc) is 2.71. The first-order chi connectivity index (χ1) is 8.80. The summed E-state index contributed by atoms with van der Waals surface area (Å²) >= 11 is 10.2. The Morgan fingerprint density at radius 1 is 1.47 bits per heavy atom. The standard InChI is InChI=1S/C12H14ClNO3S2/c1-14(8-4-5-19(16,17)7-8)12(15)10-6-9(18)2-3-11(10)13/h2-3,6,8,18H,4-5,7H2,1H3. The molecule has 0 saturated carbocycles. The van der Waals surface area contributed by atoms with E-state index in [2.05, 4.69) is 12.6 Å². The normalized spacial score (nSPS) is 21.3. The van der Waals surface area contributed by atoms with Crippen LogP contribution in [0.1, 0.15) is 16.8 Å². The van der Waals surface area contributed by atoms with Gasteiger partial charge >= 0.3 is 0 Å². The van der Waals surface area contributed by atoms with Crippen LogP contribution in [-0.4, -0.2) is 43.8 Å². The van der Waals surface area contributed by atoms with Gasteiger partial charge in [0.05, 0.1) is 22.1 Å². The van der Waals surface area contributed by atoms with E-state index in [1.807, 2.05) is 0 Å². The van der Waals surface area contributed by atoms with Crippen LogP contribution >= 0.6 is 24.2 Å². The van der Waals surface area contributed by atoms with Gasteiger partial charge in [-0.3, -0.25) is 4.79 Å². The van der Waals surface area contributed by atoms with Crippen LogP contribution < -0.4 is 0 Å². The minimum Gasteiger partial charge on any atom is -0.338 e. The van der Waals surface area contributed by atoms with Crippen molar-refractivity contribution in [3.63, 3.8) is 0 Å². The minimum atomic E-state index is -3.02. The van der Waals surface area contributed by atoms with Crippen molar-refractivity contribution in [1.82, 2.24) is 4.90 Å². The van der Waals surface area contributed by atoms with Gasteiger partial charge in [0.15, 0.2) is 9.84 Å². The molecule has 4 nitrogen and oxygen atoms in total. The van der Waals surface area contributed by atoms with Crippen LogP contribution in [0.5, 0.6) is 0 Å². The third-order valence-corrected chi connectivity index (χ3v) is 5.61. The molecule has 1 amide bonds. The van der Waals surface area contributed by atoms with Crippen LogP contribution in [0.15, 0.2) is 23.1 Å². The molecular weight excluding hydrogens is 306 g/mol. The van der Waals surface area contributed by atoms with E-state index in [-0.39, 0.29) is 23.5 Å². The van der Waals surface area contributed by atoms with Gasteiger partial charge in [-0.2, -0.15) is 0 Å². The fourth-order valence-electron chi connectivity index (χ4n) is 2.11. The van der Waals surface area contributed by atoms with Crippen molar-refractivity contribution in [1.29, 1.82) is 0 Å². The summed E-state index contributed by atoms with van der Waals surface area (Å²) in [4.78, 5) is 14.4. The summed E-state index contributed by atoms with van der Waals surface area (Å²) < 4.78 is 22.9. The maximum absolute atomic E-state index is 12.3. The largest absolute Gasteiger partial charge is 0.338 e. The Morgan fingerprint density at radius 2 is 2.16 bits per heavy atom. The summed E-state index contributed by atoms with van der Waals surface area (Å²) in [6.45, 7) is 0. The fourth-order valence-corrected chi connectivity index (χ4v) is 4.29. The number of sulfone groups is 1. The van der Waals surface area contributed by atoms with E-state index >= 15 is 0 Å². The Kier molecular flexibility index (Phi) is 4.13. The molecule has 0 N–H and O–H groups in total. The number of nitrogens with zero attached hydrogens (tertiary/aromatic N) is 1. The average molecular weight is 320 g/mol. The SMILES string of the molecule is CN(C(=O)c1cc(S)ccc1Cl)C1CCS(=O)(=O)C1. The summed E-state index contributed by atoms with van der Waals surface area (Å²) in [6, 6.07) is 4.61. The molecular formula is C12H14ClNO3S2. The lowest BCUT2D eigenvalue weighted by Gasteiger charge is -2.24. The molecule has 0 spiro atoms. The Bertz CT molecular complexity index is 615. The molecule has 1 aliphatic heterocycles. The number of carbonyl (C=O) groups is 1. The molecule has 0 bridgehead atoms. The third kappa shape index (κ3) is 3.24. The van der Waals surface area contributed by atoms with E-state index in [0.29, 0.717) is 21.9 Å². The summed E-state index contributed by atoms with van der Waals surface area (Å²) in [6.07, 6.45) is 0.475. The molecule has 0 aromatic heterocycles. The van der Waals surface area contributed by atoms with Crippen molar-refractivity contribution in [2.24, 2.45) is 0 Å². The van der Waals surface area contributed by atoms with Gasteiger partial charge in [-0.25, -0.2) is 8.42 Å². The molecule has 0 radical (unpaired) electrons. The lowest BCUT2D eigenvalue weighted by Crippen LogP contribution is -2.37. The van der Waals surface area contributed by atoms with Gasteiger partial charge in [0, 0.05) is 18.0 Å². The number of hydrogen-bond acceptors (Lipinski definition) is 4. The number of benzene rings is 1. The van der Waals surface area contributed by atoms with E-state index < -0.39 is 9.84 Å². The van der Waals surface area contributed by atoms with Gasteiger partial charge < -0.3 is 4.90 Å². The number of hydrogen-bond donors (Lipinski definition) is 1. The van der Waals surface area contributed by atoms with E-state index in [9.17, 15) is 13.2 Å². The Labute approximate surface area is 123 Å². The smallest absolute Gasteiger partial charge is 0.255 e. The first-order valence-corrected chi connectivity index (χ1v) is 8.41. The first kappa shape index (κ1) is 14.7. The Morgan fingerprint density at radius 3 is 2.74 bits per heavy atom. The molecule has 1 heterocycles. The van der Waals surface area contributed by atoms with Crippen molar-refractivity contribution in [2.75, 3.05) is 18.6 Å². The summed E-state index contributed by atoms with van der Waals surface area (Å²) in [7, 11) is -1.41. The van der Waals surface area contributed by atoms with Gasteiger partial charge in [-0.1, -0.05) is 11.6 Å². The number of thiol groups is 1. The number of halogens is 1. The van der Waals surface area contributed by atoms with E-state index in [4.69, 9.17) is 11.6 Å². The van der Waals surface area contributed by atoms with Gasteiger partial charge in [-0.15, -0.1) is 12.6 Å². The predicted octanol–water partition coefficient (Wildman–Crippen LogP) is 1.89. The van der Waals surface area contributed by atoms with Crippen molar-refractivity contribution >= 4 is 40.0 Å². The van der Waals surface area contributed by atoms with E-state index in [0.717, 1.165) is 0 Å². The lowest BCUT2D eigenvalue weighted by molar-refractivity contribution is 0.0747. The molecule has 104 valence electrons. The zero-order valence-electron chi connectivity index (χ0n) is 10.3. The number of carbonyl (C=O) groups excluding carboxylic acids is 1. The van der Waals surface area contributed by atoms with Crippen LogP contribution in [-0.2, 0) is 9.84 Å². The van der Waals surface area contributed by atoms with Gasteiger partial charge in [0.2, 0.25) is 0 Å². The topological polar surface area (TPSA) is 54.5 Å². The number of rotatable bonds is 2. The third-order valence-electron chi connectivity index (χ3n) is 3.26. The maximum atomic E-state index is 12.3. The molecule has 1 unspecified atom stereocenters. The van der Waals surface area contributed by atoms with Crippen molar-refractivity contribution in [3.05, 3.63) is 28.8 Å². The highest BCUT2D eigenvalue weighted by atomic mass is 35.5. The summed E-state index contributed by atoms with van der Waals surface area (Å²) in [5.41, 5.74) is 0.348. The molecule has 19 heavy (non-hydrogen) atoms. The quantitative estimate of drug-likeness (QED) is 0.847. The van der Waals surface area contributed by atoms with Crippen molar-refractivity contribution < 1.29 is 13.2 Å². The van der Waals surface area contributed by atoms with Crippen molar-refractivity contribution in [2.45, 2.75) is 17.4 Å². The predicted molar refractivity (Wildman–Crippen MR) is 77.9 cm³/mol. The van der Waals surface area contributed by atoms with Crippen LogP contribution in [0.4, 0.5) is 0 Å². The highest BCUT2D eigenvalue weighted by Crippen LogP contribution is 2.24. The van der Waals surface area contributed by atoms with E-state index in [1.54, 1.807) is 25.2 Å². The Balaban J connectivity index is 2.22. The molecule has 1 aliphatic rings. The molecule has 1 aromatic carbocycles. The second-order valence-electron chi connectivity index (χ2n) is 4.64. The zero-order valence-corrected chi connectivity index (χ0v) is 12.8. The molecule has 1 fully saturated rings. The van der Waals surface area contributed by atoms with Crippen LogP contribution in [0.25, 0.3) is 0 Å². The van der Waals surface area contributed by atoms with Gasteiger partial charge in [0.1, 0.15) is 0 Å².